The zero-order valence-corrected chi connectivity index (χ0v) is 12.6. The SMILES string of the molecule is OCCN(Cc1nnc(-c2ccc(Br)cc2)o1)C1CC1. The number of benzene rings is 1. The molecule has 3 rings (SSSR count). The van der Waals surface area contributed by atoms with Crippen LogP contribution in [-0.2, 0) is 6.54 Å². The Morgan fingerprint density at radius 3 is 2.65 bits per heavy atom. The number of aliphatic hydroxyl groups is 1. The Balaban J connectivity index is 1.71. The molecule has 0 atom stereocenters. The van der Waals surface area contributed by atoms with E-state index in [1.54, 1.807) is 0 Å². The molecule has 1 aliphatic rings. The van der Waals surface area contributed by atoms with E-state index in [1.165, 1.54) is 12.8 Å². The highest BCUT2D eigenvalue weighted by atomic mass is 79.9. The van der Waals surface area contributed by atoms with Crippen LogP contribution in [0.4, 0.5) is 0 Å². The van der Waals surface area contributed by atoms with Crippen molar-refractivity contribution in [2.24, 2.45) is 0 Å². The van der Waals surface area contributed by atoms with E-state index in [0.29, 0.717) is 30.9 Å². The molecule has 6 heteroatoms. The van der Waals surface area contributed by atoms with Gasteiger partial charge in [-0.1, -0.05) is 15.9 Å². The van der Waals surface area contributed by atoms with Crippen LogP contribution >= 0.6 is 15.9 Å². The van der Waals surface area contributed by atoms with Crippen molar-refractivity contribution < 1.29 is 9.52 Å². The first kappa shape index (κ1) is 13.7. The summed E-state index contributed by atoms with van der Waals surface area (Å²) < 4.78 is 6.72. The van der Waals surface area contributed by atoms with Crippen LogP contribution in [0.25, 0.3) is 11.5 Å². The van der Waals surface area contributed by atoms with Gasteiger partial charge in [0.2, 0.25) is 11.8 Å². The van der Waals surface area contributed by atoms with Gasteiger partial charge >= 0.3 is 0 Å². The number of nitrogens with zero attached hydrogens (tertiary/aromatic N) is 3. The number of halogens is 1. The van der Waals surface area contributed by atoms with Gasteiger partial charge in [0, 0.05) is 22.6 Å². The molecule has 1 aromatic heterocycles. The molecule has 5 nitrogen and oxygen atoms in total. The lowest BCUT2D eigenvalue weighted by Gasteiger charge is -2.17. The molecule has 1 N–H and O–H groups in total. The normalized spacial score (nSPS) is 14.9. The number of hydrogen-bond acceptors (Lipinski definition) is 5. The molecule has 20 heavy (non-hydrogen) atoms. The van der Waals surface area contributed by atoms with E-state index in [1.807, 2.05) is 24.3 Å². The summed E-state index contributed by atoms with van der Waals surface area (Å²) in [7, 11) is 0. The van der Waals surface area contributed by atoms with Gasteiger partial charge in [-0.15, -0.1) is 10.2 Å². The third-order valence-corrected chi connectivity index (χ3v) is 3.88. The Labute approximate surface area is 125 Å². The summed E-state index contributed by atoms with van der Waals surface area (Å²) in [6.07, 6.45) is 2.38. The second-order valence-electron chi connectivity index (χ2n) is 4.93. The van der Waals surface area contributed by atoms with Crippen LogP contribution in [-0.4, -0.2) is 39.4 Å². The monoisotopic (exact) mass is 337 g/mol. The minimum atomic E-state index is 0.157. The average Bonchev–Trinajstić information content (AvgIpc) is 3.20. The summed E-state index contributed by atoms with van der Waals surface area (Å²) in [5.74, 6) is 1.13. The predicted molar refractivity (Wildman–Crippen MR) is 78.0 cm³/mol. The first-order valence-corrected chi connectivity index (χ1v) is 7.49. The zero-order chi connectivity index (χ0) is 13.9. The van der Waals surface area contributed by atoms with Crippen LogP contribution in [0.2, 0.25) is 0 Å². The van der Waals surface area contributed by atoms with Gasteiger partial charge < -0.3 is 9.52 Å². The number of aliphatic hydroxyl groups excluding tert-OH is 1. The minimum Gasteiger partial charge on any atom is -0.419 e. The minimum absolute atomic E-state index is 0.157. The van der Waals surface area contributed by atoms with Crippen molar-refractivity contribution in [2.45, 2.75) is 25.4 Å². The lowest BCUT2D eigenvalue weighted by atomic mass is 10.2. The smallest absolute Gasteiger partial charge is 0.247 e. The summed E-state index contributed by atoms with van der Waals surface area (Å²) in [4.78, 5) is 2.19. The van der Waals surface area contributed by atoms with Crippen molar-refractivity contribution in [1.82, 2.24) is 15.1 Å². The molecule has 1 aromatic carbocycles. The van der Waals surface area contributed by atoms with Gasteiger partial charge in [-0.25, -0.2) is 0 Å². The van der Waals surface area contributed by atoms with Crippen LogP contribution in [0.3, 0.4) is 0 Å². The molecule has 0 radical (unpaired) electrons. The van der Waals surface area contributed by atoms with E-state index in [4.69, 9.17) is 9.52 Å². The number of aromatic nitrogens is 2. The van der Waals surface area contributed by atoms with E-state index in [0.717, 1.165) is 10.0 Å². The Bertz CT molecular complexity index is 566. The summed E-state index contributed by atoms with van der Waals surface area (Å²) in [5, 5.41) is 17.3. The standard InChI is InChI=1S/C14H16BrN3O2/c15-11-3-1-10(2-4-11)14-17-16-13(20-14)9-18(7-8-19)12-5-6-12/h1-4,12,19H,5-9H2. The summed E-state index contributed by atoms with van der Waals surface area (Å²) in [6.45, 7) is 1.42. The molecule has 0 aliphatic heterocycles. The van der Waals surface area contributed by atoms with Crippen LogP contribution in [0, 0.1) is 0 Å². The fourth-order valence-corrected chi connectivity index (χ4v) is 2.42. The number of hydrogen-bond donors (Lipinski definition) is 1. The second kappa shape index (κ2) is 6.03. The lowest BCUT2D eigenvalue weighted by Crippen LogP contribution is -2.28. The largest absolute Gasteiger partial charge is 0.419 e. The summed E-state index contributed by atoms with van der Waals surface area (Å²) >= 11 is 3.40. The third-order valence-electron chi connectivity index (χ3n) is 3.35. The average molecular weight is 338 g/mol. The fourth-order valence-electron chi connectivity index (χ4n) is 2.16. The van der Waals surface area contributed by atoms with Gasteiger partial charge in [0.05, 0.1) is 13.2 Å². The summed E-state index contributed by atoms with van der Waals surface area (Å²) in [5.41, 5.74) is 0.909. The first-order valence-electron chi connectivity index (χ1n) is 6.69. The highest BCUT2D eigenvalue weighted by Crippen LogP contribution is 2.28. The molecule has 0 bridgehead atoms. The Morgan fingerprint density at radius 2 is 2.00 bits per heavy atom. The maximum absolute atomic E-state index is 9.09. The maximum Gasteiger partial charge on any atom is 0.247 e. The molecule has 0 saturated heterocycles. The number of rotatable bonds is 6. The molecule has 0 unspecified atom stereocenters. The van der Waals surface area contributed by atoms with Crippen LogP contribution < -0.4 is 0 Å². The molecular weight excluding hydrogens is 322 g/mol. The highest BCUT2D eigenvalue weighted by molar-refractivity contribution is 9.10. The molecule has 1 heterocycles. The third kappa shape index (κ3) is 3.26. The molecule has 1 saturated carbocycles. The fraction of sp³-hybridized carbons (Fsp3) is 0.429. The van der Waals surface area contributed by atoms with Gasteiger partial charge in [0.15, 0.2) is 0 Å². The van der Waals surface area contributed by atoms with Gasteiger partial charge in [-0.3, -0.25) is 4.90 Å². The molecule has 0 amide bonds. The highest BCUT2D eigenvalue weighted by Gasteiger charge is 2.29. The van der Waals surface area contributed by atoms with E-state index < -0.39 is 0 Å². The van der Waals surface area contributed by atoms with E-state index in [2.05, 4.69) is 31.0 Å². The Morgan fingerprint density at radius 1 is 1.25 bits per heavy atom. The maximum atomic E-state index is 9.09. The van der Waals surface area contributed by atoms with Crippen molar-refractivity contribution in [1.29, 1.82) is 0 Å². The quantitative estimate of drug-likeness (QED) is 0.877. The Kier molecular flexibility index (Phi) is 4.14. The van der Waals surface area contributed by atoms with Gasteiger partial charge in [0.25, 0.3) is 0 Å². The zero-order valence-electron chi connectivity index (χ0n) is 11.0. The van der Waals surface area contributed by atoms with E-state index in [-0.39, 0.29) is 6.61 Å². The molecular formula is C14H16BrN3O2. The van der Waals surface area contributed by atoms with Gasteiger partial charge in [-0.2, -0.15) is 0 Å². The molecule has 106 valence electrons. The molecule has 0 spiro atoms. The van der Waals surface area contributed by atoms with Crippen molar-refractivity contribution in [3.63, 3.8) is 0 Å². The first-order chi connectivity index (χ1) is 9.76. The van der Waals surface area contributed by atoms with Gasteiger partial charge in [-0.05, 0) is 37.1 Å². The van der Waals surface area contributed by atoms with Crippen LogP contribution in [0.5, 0.6) is 0 Å². The van der Waals surface area contributed by atoms with Crippen LogP contribution in [0.15, 0.2) is 33.2 Å². The topological polar surface area (TPSA) is 62.4 Å². The molecule has 2 aromatic rings. The Hall–Kier alpha value is -1.24. The van der Waals surface area contributed by atoms with E-state index >= 15 is 0 Å². The lowest BCUT2D eigenvalue weighted by molar-refractivity contribution is 0.172. The van der Waals surface area contributed by atoms with Gasteiger partial charge in [0.1, 0.15) is 0 Å². The van der Waals surface area contributed by atoms with Crippen molar-refractivity contribution in [3.05, 3.63) is 34.6 Å². The van der Waals surface area contributed by atoms with E-state index in [9.17, 15) is 0 Å². The molecule has 1 fully saturated rings. The predicted octanol–water partition coefficient (Wildman–Crippen LogP) is 2.46. The van der Waals surface area contributed by atoms with Crippen LogP contribution in [0.1, 0.15) is 18.7 Å². The molecule has 1 aliphatic carbocycles. The second-order valence-corrected chi connectivity index (χ2v) is 5.85. The van der Waals surface area contributed by atoms with Crippen molar-refractivity contribution >= 4 is 15.9 Å². The summed E-state index contributed by atoms with van der Waals surface area (Å²) in [6, 6.07) is 8.33. The van der Waals surface area contributed by atoms with Crippen molar-refractivity contribution in [3.8, 4) is 11.5 Å². The van der Waals surface area contributed by atoms with Crippen molar-refractivity contribution in [2.75, 3.05) is 13.2 Å².